The van der Waals surface area contributed by atoms with Crippen molar-refractivity contribution in [3.05, 3.63) is 48.3 Å². The molecule has 18 heavy (non-hydrogen) atoms. The van der Waals surface area contributed by atoms with Crippen LogP contribution < -0.4 is 0 Å². The minimum absolute atomic E-state index is 0.166. The summed E-state index contributed by atoms with van der Waals surface area (Å²) < 4.78 is 1.89. The van der Waals surface area contributed by atoms with E-state index in [-0.39, 0.29) is 6.10 Å². The molecule has 1 fully saturated rings. The maximum atomic E-state index is 9.49. The fraction of sp³-hybridized carbons (Fsp3) is 0.357. The number of para-hydroxylation sites is 1. The van der Waals surface area contributed by atoms with E-state index in [0.717, 1.165) is 37.4 Å². The molecule has 0 bridgehead atoms. The Bertz CT molecular complexity index is 509. The molecule has 3 rings (SSSR count). The van der Waals surface area contributed by atoms with Gasteiger partial charge in [-0.1, -0.05) is 18.2 Å². The highest BCUT2D eigenvalue weighted by Crippen LogP contribution is 2.13. The van der Waals surface area contributed by atoms with Crippen LogP contribution in [0.5, 0.6) is 0 Å². The zero-order valence-electron chi connectivity index (χ0n) is 10.2. The van der Waals surface area contributed by atoms with Crippen molar-refractivity contribution in [2.24, 2.45) is 0 Å². The van der Waals surface area contributed by atoms with Crippen LogP contribution in [0.3, 0.4) is 0 Å². The van der Waals surface area contributed by atoms with E-state index in [1.807, 2.05) is 47.3 Å². The van der Waals surface area contributed by atoms with Crippen LogP contribution >= 0.6 is 0 Å². The molecule has 2 aromatic rings. The first-order valence-electron chi connectivity index (χ1n) is 6.32. The number of aliphatic hydroxyl groups excluding tert-OH is 1. The highest BCUT2D eigenvalue weighted by atomic mass is 16.3. The first kappa shape index (κ1) is 11.4. The van der Waals surface area contributed by atoms with Crippen molar-refractivity contribution in [2.45, 2.75) is 19.1 Å². The van der Waals surface area contributed by atoms with E-state index >= 15 is 0 Å². The van der Waals surface area contributed by atoms with Gasteiger partial charge in [-0.05, 0) is 24.6 Å². The molecule has 4 nitrogen and oxygen atoms in total. The maximum absolute atomic E-state index is 9.49. The molecule has 1 saturated heterocycles. The van der Waals surface area contributed by atoms with Crippen LogP contribution in [-0.2, 0) is 6.54 Å². The number of aromatic nitrogens is 2. The van der Waals surface area contributed by atoms with Crippen molar-refractivity contribution < 1.29 is 5.11 Å². The third-order valence-corrected chi connectivity index (χ3v) is 3.30. The molecule has 1 N–H and O–H groups in total. The molecule has 1 aliphatic heterocycles. The van der Waals surface area contributed by atoms with Gasteiger partial charge in [0.05, 0.1) is 17.5 Å². The predicted octanol–water partition coefficient (Wildman–Crippen LogP) is 1.44. The van der Waals surface area contributed by atoms with Crippen molar-refractivity contribution in [1.29, 1.82) is 0 Å². The molecule has 1 atom stereocenters. The summed E-state index contributed by atoms with van der Waals surface area (Å²) in [5, 5.41) is 14.1. The normalized spacial score (nSPS) is 20.4. The second kappa shape index (κ2) is 4.92. The monoisotopic (exact) mass is 243 g/mol. The molecular formula is C14H17N3O. The second-order valence-corrected chi connectivity index (χ2v) is 4.76. The van der Waals surface area contributed by atoms with Crippen LogP contribution in [0.4, 0.5) is 0 Å². The van der Waals surface area contributed by atoms with E-state index < -0.39 is 0 Å². The van der Waals surface area contributed by atoms with Gasteiger partial charge in [-0.3, -0.25) is 4.90 Å². The second-order valence-electron chi connectivity index (χ2n) is 4.76. The molecule has 1 unspecified atom stereocenters. The van der Waals surface area contributed by atoms with Gasteiger partial charge >= 0.3 is 0 Å². The van der Waals surface area contributed by atoms with E-state index in [2.05, 4.69) is 10.00 Å². The van der Waals surface area contributed by atoms with Gasteiger partial charge in [0.15, 0.2) is 0 Å². The standard InChI is InChI=1S/C14H17N3O/c18-14-7-8-16(11-14)10-12-6-9-17(15-12)13-4-2-1-3-5-13/h1-6,9,14,18H,7-8,10-11H2. The van der Waals surface area contributed by atoms with Gasteiger partial charge in [-0.2, -0.15) is 5.10 Å². The molecule has 1 aliphatic rings. The van der Waals surface area contributed by atoms with Crippen LogP contribution in [-0.4, -0.2) is 39.0 Å². The minimum atomic E-state index is -0.166. The Hall–Kier alpha value is -1.65. The lowest BCUT2D eigenvalue weighted by molar-refractivity contribution is 0.174. The van der Waals surface area contributed by atoms with Gasteiger partial charge < -0.3 is 5.11 Å². The number of hydrogen-bond donors (Lipinski definition) is 1. The SMILES string of the molecule is OC1CCN(Cc2ccn(-c3ccccc3)n2)C1. The quantitative estimate of drug-likeness (QED) is 0.887. The zero-order chi connectivity index (χ0) is 12.4. The molecule has 1 aromatic heterocycles. The Labute approximate surface area is 106 Å². The Balaban J connectivity index is 1.70. The van der Waals surface area contributed by atoms with Gasteiger partial charge in [0.1, 0.15) is 0 Å². The Morgan fingerprint density at radius 2 is 2.06 bits per heavy atom. The van der Waals surface area contributed by atoms with Gasteiger partial charge in [0.25, 0.3) is 0 Å². The molecular weight excluding hydrogens is 226 g/mol. The van der Waals surface area contributed by atoms with Crippen LogP contribution in [0.2, 0.25) is 0 Å². The average molecular weight is 243 g/mol. The third-order valence-electron chi connectivity index (χ3n) is 3.30. The largest absolute Gasteiger partial charge is 0.392 e. The predicted molar refractivity (Wildman–Crippen MR) is 69.5 cm³/mol. The highest BCUT2D eigenvalue weighted by Gasteiger charge is 2.20. The number of β-amino-alcohol motifs (C(OH)–C–C–N with tert-alkyl or cyclic N) is 1. The first-order valence-corrected chi connectivity index (χ1v) is 6.32. The fourth-order valence-corrected chi connectivity index (χ4v) is 2.36. The number of aliphatic hydroxyl groups is 1. The molecule has 2 heterocycles. The van der Waals surface area contributed by atoms with E-state index in [0.29, 0.717) is 0 Å². The molecule has 0 spiro atoms. The van der Waals surface area contributed by atoms with Crippen LogP contribution in [0.25, 0.3) is 5.69 Å². The molecule has 0 aliphatic carbocycles. The lowest BCUT2D eigenvalue weighted by Gasteiger charge is -2.12. The summed E-state index contributed by atoms with van der Waals surface area (Å²) in [5.41, 5.74) is 2.12. The van der Waals surface area contributed by atoms with Crippen molar-refractivity contribution >= 4 is 0 Å². The maximum Gasteiger partial charge on any atom is 0.0769 e. The summed E-state index contributed by atoms with van der Waals surface area (Å²) >= 11 is 0. The topological polar surface area (TPSA) is 41.3 Å². The number of nitrogens with zero attached hydrogens (tertiary/aromatic N) is 3. The summed E-state index contributed by atoms with van der Waals surface area (Å²) in [4.78, 5) is 2.24. The Morgan fingerprint density at radius 1 is 1.22 bits per heavy atom. The van der Waals surface area contributed by atoms with Crippen LogP contribution in [0.15, 0.2) is 42.6 Å². The molecule has 1 aromatic carbocycles. The molecule has 4 heteroatoms. The summed E-state index contributed by atoms with van der Waals surface area (Å²) in [6.07, 6.45) is 2.69. The minimum Gasteiger partial charge on any atom is -0.392 e. The van der Waals surface area contributed by atoms with Gasteiger partial charge in [0, 0.05) is 25.8 Å². The van der Waals surface area contributed by atoms with Gasteiger partial charge in [-0.15, -0.1) is 0 Å². The van der Waals surface area contributed by atoms with Gasteiger partial charge in [-0.25, -0.2) is 4.68 Å². The molecule has 0 radical (unpaired) electrons. The van der Waals surface area contributed by atoms with Crippen molar-refractivity contribution in [2.75, 3.05) is 13.1 Å². The highest BCUT2D eigenvalue weighted by molar-refractivity contribution is 5.30. The average Bonchev–Trinajstić information content (AvgIpc) is 3.01. The van der Waals surface area contributed by atoms with Crippen LogP contribution in [0, 0.1) is 0 Å². The molecule has 0 amide bonds. The Morgan fingerprint density at radius 3 is 2.78 bits per heavy atom. The summed E-state index contributed by atoms with van der Waals surface area (Å²) in [5.74, 6) is 0. The molecule has 0 saturated carbocycles. The summed E-state index contributed by atoms with van der Waals surface area (Å²) in [7, 11) is 0. The van der Waals surface area contributed by atoms with Crippen molar-refractivity contribution in [3.8, 4) is 5.69 Å². The zero-order valence-corrected chi connectivity index (χ0v) is 10.2. The van der Waals surface area contributed by atoms with E-state index in [1.165, 1.54) is 0 Å². The fourth-order valence-electron chi connectivity index (χ4n) is 2.36. The van der Waals surface area contributed by atoms with Crippen molar-refractivity contribution in [1.82, 2.24) is 14.7 Å². The number of benzene rings is 1. The van der Waals surface area contributed by atoms with E-state index in [4.69, 9.17) is 0 Å². The van der Waals surface area contributed by atoms with E-state index in [9.17, 15) is 5.11 Å². The molecule has 94 valence electrons. The smallest absolute Gasteiger partial charge is 0.0769 e. The van der Waals surface area contributed by atoms with Gasteiger partial charge in [0.2, 0.25) is 0 Å². The third kappa shape index (κ3) is 2.44. The number of hydrogen-bond acceptors (Lipinski definition) is 3. The summed E-state index contributed by atoms with van der Waals surface area (Å²) in [6, 6.07) is 12.1. The lowest BCUT2D eigenvalue weighted by atomic mass is 10.3. The van der Waals surface area contributed by atoms with Crippen LogP contribution in [0.1, 0.15) is 12.1 Å². The number of likely N-dealkylation sites (tertiary alicyclic amines) is 1. The summed E-state index contributed by atoms with van der Waals surface area (Å²) in [6.45, 7) is 2.54. The van der Waals surface area contributed by atoms with E-state index in [1.54, 1.807) is 0 Å². The number of rotatable bonds is 3. The lowest BCUT2D eigenvalue weighted by Crippen LogP contribution is -2.21. The van der Waals surface area contributed by atoms with Crippen molar-refractivity contribution in [3.63, 3.8) is 0 Å². The first-order chi connectivity index (χ1) is 8.81. The Kier molecular flexibility index (Phi) is 3.13.